The fourth-order valence-corrected chi connectivity index (χ4v) is 5.76. The van der Waals surface area contributed by atoms with Crippen molar-refractivity contribution in [1.82, 2.24) is 4.98 Å². The van der Waals surface area contributed by atoms with Gasteiger partial charge in [-0.3, -0.25) is 4.79 Å². The van der Waals surface area contributed by atoms with Crippen LogP contribution in [-0.2, 0) is 22.4 Å². The molecule has 0 radical (unpaired) electrons. The number of rotatable bonds is 7. The molecule has 0 bridgehead atoms. The van der Waals surface area contributed by atoms with Crippen LogP contribution in [0.25, 0.3) is 10.9 Å². The summed E-state index contributed by atoms with van der Waals surface area (Å²) in [5.41, 5.74) is 2.58. The molecule has 0 spiro atoms. The lowest BCUT2D eigenvalue weighted by Gasteiger charge is -2.12. The van der Waals surface area contributed by atoms with Gasteiger partial charge in [-0.2, -0.15) is 0 Å². The van der Waals surface area contributed by atoms with Crippen LogP contribution in [0, 0.1) is 0 Å². The number of carbonyl (C=O) groups excluding carboxylic acids is 2. The Morgan fingerprint density at radius 2 is 2.00 bits per heavy atom. The van der Waals surface area contributed by atoms with Crippen LogP contribution in [0.3, 0.4) is 0 Å². The SMILES string of the molecule is CCOC(=O)c1c(NC(=O)CCSc2ccc3ccccc3n2)sc2c1CCCC2. The lowest BCUT2D eigenvalue weighted by atomic mass is 9.95. The maximum absolute atomic E-state index is 12.6. The molecule has 1 N–H and O–H groups in total. The number of carbonyl (C=O) groups is 2. The average Bonchev–Trinajstić information content (AvgIpc) is 3.11. The van der Waals surface area contributed by atoms with E-state index in [2.05, 4.69) is 10.3 Å². The standard InChI is InChI=1S/C23H24N2O3S2/c1-2-28-23(27)21-16-8-4-6-10-18(16)30-22(21)25-19(26)13-14-29-20-12-11-15-7-3-5-9-17(15)24-20/h3,5,7,9,11-12H,2,4,6,8,10,13-14H2,1H3,(H,25,26). The van der Waals surface area contributed by atoms with Crippen molar-refractivity contribution in [3.05, 3.63) is 52.4 Å². The Balaban J connectivity index is 1.39. The number of ether oxygens (including phenoxy) is 1. The predicted octanol–water partition coefficient (Wildman–Crippen LogP) is 5.47. The van der Waals surface area contributed by atoms with Crippen LogP contribution in [-0.4, -0.2) is 29.2 Å². The van der Waals surface area contributed by atoms with Gasteiger partial charge in [0.1, 0.15) is 5.00 Å². The van der Waals surface area contributed by atoms with E-state index >= 15 is 0 Å². The Morgan fingerprint density at radius 1 is 1.17 bits per heavy atom. The number of esters is 1. The highest BCUT2D eigenvalue weighted by molar-refractivity contribution is 7.99. The third-order valence-electron chi connectivity index (χ3n) is 5.06. The van der Waals surface area contributed by atoms with Crippen LogP contribution in [0.15, 0.2) is 41.4 Å². The predicted molar refractivity (Wildman–Crippen MR) is 123 cm³/mol. The summed E-state index contributed by atoms with van der Waals surface area (Å²) in [7, 11) is 0. The van der Waals surface area contributed by atoms with E-state index < -0.39 is 0 Å². The number of benzene rings is 1. The van der Waals surface area contributed by atoms with Crippen LogP contribution < -0.4 is 5.32 Å². The van der Waals surface area contributed by atoms with Crippen LogP contribution in [0.1, 0.15) is 47.0 Å². The summed E-state index contributed by atoms with van der Waals surface area (Å²) >= 11 is 3.08. The molecule has 0 saturated heterocycles. The van der Waals surface area contributed by atoms with Crippen molar-refractivity contribution in [3.8, 4) is 0 Å². The molecule has 1 aliphatic carbocycles. The number of hydrogen-bond acceptors (Lipinski definition) is 6. The molecule has 156 valence electrons. The molecule has 7 heteroatoms. The molecule has 3 aromatic rings. The monoisotopic (exact) mass is 440 g/mol. The smallest absolute Gasteiger partial charge is 0.341 e. The van der Waals surface area contributed by atoms with Crippen molar-refractivity contribution >= 4 is 50.9 Å². The third kappa shape index (κ3) is 4.68. The quantitative estimate of drug-likeness (QED) is 0.390. The number of fused-ring (bicyclic) bond motifs is 2. The van der Waals surface area contributed by atoms with E-state index in [0.29, 0.717) is 29.3 Å². The largest absolute Gasteiger partial charge is 0.462 e. The molecule has 5 nitrogen and oxygen atoms in total. The molecule has 1 aliphatic rings. The summed E-state index contributed by atoms with van der Waals surface area (Å²) in [6.45, 7) is 2.12. The zero-order valence-electron chi connectivity index (χ0n) is 16.9. The molecule has 30 heavy (non-hydrogen) atoms. The van der Waals surface area contributed by atoms with Crippen molar-refractivity contribution in [2.45, 2.75) is 44.1 Å². The third-order valence-corrected chi connectivity index (χ3v) is 7.19. The first kappa shape index (κ1) is 20.9. The molecule has 0 fully saturated rings. The molecule has 0 atom stereocenters. The summed E-state index contributed by atoms with van der Waals surface area (Å²) in [5, 5.41) is 5.61. The van der Waals surface area contributed by atoms with E-state index in [-0.39, 0.29) is 11.9 Å². The summed E-state index contributed by atoms with van der Waals surface area (Å²) < 4.78 is 5.25. The number of nitrogens with zero attached hydrogens (tertiary/aromatic N) is 1. The van der Waals surface area contributed by atoms with Gasteiger partial charge in [0, 0.05) is 22.4 Å². The van der Waals surface area contributed by atoms with Gasteiger partial charge >= 0.3 is 5.97 Å². The number of aromatic nitrogens is 1. The van der Waals surface area contributed by atoms with Gasteiger partial charge in [-0.05, 0) is 50.3 Å². The number of thioether (sulfide) groups is 1. The minimum atomic E-state index is -0.332. The molecular weight excluding hydrogens is 416 g/mol. The Bertz CT molecular complexity index is 1080. The molecule has 1 amide bonds. The second kappa shape index (κ2) is 9.62. The van der Waals surface area contributed by atoms with Gasteiger partial charge < -0.3 is 10.1 Å². The van der Waals surface area contributed by atoms with Crippen LogP contribution in [0.4, 0.5) is 5.00 Å². The Hall–Kier alpha value is -2.38. The van der Waals surface area contributed by atoms with Crippen LogP contribution >= 0.6 is 23.1 Å². The van der Waals surface area contributed by atoms with Crippen molar-refractivity contribution in [2.75, 3.05) is 17.7 Å². The number of aryl methyl sites for hydroxylation is 1. The number of thiophene rings is 1. The summed E-state index contributed by atoms with van der Waals surface area (Å²) in [4.78, 5) is 30.9. The number of hydrogen-bond donors (Lipinski definition) is 1. The molecule has 4 rings (SSSR count). The summed E-state index contributed by atoms with van der Waals surface area (Å²) in [6, 6.07) is 12.0. The van der Waals surface area contributed by atoms with Crippen molar-refractivity contribution in [1.29, 1.82) is 0 Å². The van der Waals surface area contributed by atoms with Gasteiger partial charge in [-0.25, -0.2) is 9.78 Å². The van der Waals surface area contributed by atoms with Gasteiger partial charge in [-0.15, -0.1) is 23.1 Å². The summed E-state index contributed by atoms with van der Waals surface area (Å²) in [6.07, 6.45) is 4.38. The Morgan fingerprint density at radius 3 is 2.87 bits per heavy atom. The number of pyridine rings is 1. The van der Waals surface area contributed by atoms with Gasteiger partial charge in [-0.1, -0.05) is 24.3 Å². The highest BCUT2D eigenvalue weighted by atomic mass is 32.2. The van der Waals surface area contributed by atoms with E-state index in [4.69, 9.17) is 4.74 Å². The maximum Gasteiger partial charge on any atom is 0.341 e. The number of para-hydroxylation sites is 1. The van der Waals surface area contributed by atoms with Crippen molar-refractivity contribution in [3.63, 3.8) is 0 Å². The molecule has 2 aromatic heterocycles. The van der Waals surface area contributed by atoms with Gasteiger partial charge in [0.15, 0.2) is 0 Å². The topological polar surface area (TPSA) is 68.3 Å². The molecule has 0 aliphatic heterocycles. The summed E-state index contributed by atoms with van der Waals surface area (Å²) in [5.74, 6) is 0.200. The highest BCUT2D eigenvalue weighted by Gasteiger charge is 2.27. The zero-order valence-corrected chi connectivity index (χ0v) is 18.5. The van der Waals surface area contributed by atoms with Crippen LogP contribution in [0.2, 0.25) is 0 Å². The second-order valence-corrected chi connectivity index (χ2v) is 9.34. The molecule has 1 aromatic carbocycles. The van der Waals surface area contributed by atoms with E-state index in [1.54, 1.807) is 18.7 Å². The van der Waals surface area contributed by atoms with E-state index in [1.807, 2.05) is 36.4 Å². The lowest BCUT2D eigenvalue weighted by Crippen LogP contribution is -2.16. The fourth-order valence-electron chi connectivity index (χ4n) is 3.64. The number of anilines is 1. The van der Waals surface area contributed by atoms with Crippen molar-refractivity contribution in [2.24, 2.45) is 0 Å². The maximum atomic E-state index is 12.6. The molecule has 0 unspecified atom stereocenters. The van der Waals surface area contributed by atoms with Crippen molar-refractivity contribution < 1.29 is 14.3 Å². The number of amides is 1. The van der Waals surface area contributed by atoms with E-state index in [9.17, 15) is 9.59 Å². The molecular formula is C23H24N2O3S2. The molecule has 0 saturated carbocycles. The second-order valence-electron chi connectivity index (χ2n) is 7.12. The van der Waals surface area contributed by atoms with Gasteiger partial charge in [0.05, 0.1) is 22.7 Å². The minimum absolute atomic E-state index is 0.0903. The van der Waals surface area contributed by atoms with E-state index in [0.717, 1.165) is 47.2 Å². The van der Waals surface area contributed by atoms with Gasteiger partial charge in [0.25, 0.3) is 0 Å². The Kier molecular flexibility index (Phi) is 6.69. The van der Waals surface area contributed by atoms with Crippen LogP contribution in [0.5, 0.6) is 0 Å². The lowest BCUT2D eigenvalue weighted by molar-refractivity contribution is -0.115. The van der Waals surface area contributed by atoms with E-state index in [1.165, 1.54) is 16.2 Å². The Labute approximate surface area is 184 Å². The average molecular weight is 441 g/mol. The first-order valence-corrected chi connectivity index (χ1v) is 12.1. The zero-order chi connectivity index (χ0) is 20.9. The van der Waals surface area contributed by atoms with Gasteiger partial charge in [0.2, 0.25) is 5.91 Å². The highest BCUT2D eigenvalue weighted by Crippen LogP contribution is 2.38. The first-order valence-electron chi connectivity index (χ1n) is 10.3. The fraction of sp³-hybridized carbons (Fsp3) is 0.348. The number of nitrogens with one attached hydrogen (secondary N) is 1. The molecule has 2 heterocycles. The first-order chi connectivity index (χ1) is 14.7. The minimum Gasteiger partial charge on any atom is -0.462 e. The normalized spacial score (nSPS) is 13.1.